The molecule has 1 atom stereocenters. The van der Waals surface area contributed by atoms with Gasteiger partial charge in [-0.1, -0.05) is 92.9 Å². The van der Waals surface area contributed by atoms with E-state index in [1.165, 1.54) is 71.0 Å². The van der Waals surface area contributed by atoms with Gasteiger partial charge >= 0.3 is 14.8 Å². The zero-order valence-electron chi connectivity index (χ0n) is 22.4. The van der Waals surface area contributed by atoms with Crippen LogP contribution in [0.4, 0.5) is 0 Å². The molecule has 0 spiro atoms. The Morgan fingerprint density at radius 2 is 1.17 bits per heavy atom. The summed E-state index contributed by atoms with van der Waals surface area (Å²) in [5, 5.41) is 9.69. The second kappa shape index (κ2) is 8.25. The minimum atomic E-state index is -2.03. The molecular weight excluding hydrogens is 532 g/mol. The highest BCUT2D eigenvalue weighted by atomic mass is 31.1. The third-order valence-electron chi connectivity index (χ3n) is 9.39. The topological polar surface area (TPSA) is 14.8 Å². The average Bonchev–Trinajstić information content (AvgIpc) is 3.76. The van der Waals surface area contributed by atoms with Crippen molar-refractivity contribution in [1.82, 2.24) is 10.7 Å². The molecule has 3 nitrogen and oxygen atoms in total. The molecule has 192 valence electrons. The van der Waals surface area contributed by atoms with Crippen molar-refractivity contribution in [2.75, 3.05) is 0 Å². The van der Waals surface area contributed by atoms with Gasteiger partial charge in [-0.25, -0.2) is 0 Å². The normalized spacial score (nSPS) is 15.8. The number of hydrogen-bond acceptors (Lipinski definition) is 0. The van der Waals surface area contributed by atoms with E-state index in [0.29, 0.717) is 0 Å². The third kappa shape index (κ3) is 3.03. The van der Waals surface area contributed by atoms with Crippen LogP contribution in [0.15, 0.2) is 128 Å². The van der Waals surface area contributed by atoms with Crippen LogP contribution < -0.4 is 5.30 Å². The highest BCUT2D eigenvalue weighted by Crippen LogP contribution is 2.49. The molecule has 2 aliphatic heterocycles. The molecule has 3 aromatic heterocycles. The van der Waals surface area contributed by atoms with Crippen LogP contribution in [0.25, 0.3) is 54.5 Å². The molecule has 2 bridgehead atoms. The average molecular weight is 558 g/mol. The highest BCUT2D eigenvalue weighted by molar-refractivity contribution is 7.64. The van der Waals surface area contributed by atoms with Gasteiger partial charge < -0.3 is 10.7 Å². The van der Waals surface area contributed by atoms with Crippen LogP contribution in [0.3, 0.4) is 0 Å². The number of rotatable bonds is 0. The number of aromatic nitrogens is 3. The molecule has 5 aromatic carbocycles. The van der Waals surface area contributed by atoms with Gasteiger partial charge in [0.2, 0.25) is 0 Å². The summed E-state index contributed by atoms with van der Waals surface area (Å²) in [6.45, 7) is 0. The van der Waals surface area contributed by atoms with Gasteiger partial charge in [-0.15, -0.1) is 0 Å². The monoisotopic (exact) mass is 557 g/mol. The van der Waals surface area contributed by atoms with Gasteiger partial charge in [0.25, 0.3) is 0 Å². The van der Waals surface area contributed by atoms with Crippen molar-refractivity contribution in [1.29, 1.82) is 0 Å². The minimum absolute atomic E-state index is 0.526. The van der Waals surface area contributed by atoms with E-state index in [1.807, 2.05) is 0 Å². The molecule has 0 aliphatic carbocycles. The summed E-state index contributed by atoms with van der Waals surface area (Å²) in [5.74, 6) is 0. The van der Waals surface area contributed by atoms with Gasteiger partial charge in [0, 0.05) is 28.5 Å². The third-order valence-corrected chi connectivity index (χ3v) is 14.7. The first-order valence-corrected chi connectivity index (χ1v) is 17.6. The molecule has 10 rings (SSSR count). The van der Waals surface area contributed by atoms with E-state index >= 15 is 0 Å². The van der Waals surface area contributed by atoms with E-state index in [0.717, 1.165) is 12.3 Å². The van der Waals surface area contributed by atoms with Crippen molar-refractivity contribution in [2.45, 2.75) is 12.3 Å². The zero-order valence-corrected chi connectivity index (χ0v) is 24.5. The second-order valence-corrected chi connectivity index (χ2v) is 16.1. The molecule has 0 amide bonds. The number of benzene rings is 5. The fourth-order valence-electron chi connectivity index (χ4n) is 7.69. The molecule has 5 heterocycles. The van der Waals surface area contributed by atoms with Crippen molar-refractivity contribution < 1.29 is 0 Å². The van der Waals surface area contributed by atoms with Crippen LogP contribution in [0, 0.1) is 0 Å². The van der Waals surface area contributed by atoms with Gasteiger partial charge in [-0.05, 0) is 97.8 Å². The predicted octanol–water partition coefficient (Wildman–Crippen LogP) is 8.43. The Bertz CT molecular complexity index is 2360. The number of fused-ring (bicyclic) bond motifs is 5. The van der Waals surface area contributed by atoms with Gasteiger partial charge in [0.1, 0.15) is 0 Å². The maximum Gasteiger partial charge on any atom is 0.755 e. The first kappa shape index (κ1) is 22.6. The van der Waals surface area contributed by atoms with E-state index < -0.39 is 22.7 Å². The maximum absolute atomic E-state index is 2.67. The molecule has 2 aliphatic rings. The van der Waals surface area contributed by atoms with E-state index in [9.17, 15) is 0 Å². The van der Waals surface area contributed by atoms with Crippen molar-refractivity contribution in [3.63, 3.8) is 0 Å². The Balaban J connectivity index is 1.50. The van der Waals surface area contributed by atoms with E-state index in [1.54, 1.807) is 0 Å². The van der Waals surface area contributed by atoms with E-state index in [-0.39, 0.29) is 0 Å². The van der Waals surface area contributed by atoms with Gasteiger partial charge in [0.05, 0.1) is 0 Å². The lowest BCUT2D eigenvalue weighted by atomic mass is 9.93. The summed E-state index contributed by atoms with van der Waals surface area (Å²) in [6, 6.07) is 41.8. The standard InChI is InChI=1S/C36H25N3P.Al/c1-8-26-17-20-38-35(26)28(10-1)22-40(23-29-11-5-19-37-29)32-14-4-7-25-16-15-24-6-2-12-30(33(24)34(25)32)31-13-3-9-27-18-21-39-36(27)31;/h1-21H,22-23H2;/q-3;+3. The Morgan fingerprint density at radius 3 is 2.02 bits per heavy atom. The molecule has 0 radical (unpaired) electrons. The summed E-state index contributed by atoms with van der Waals surface area (Å²) in [6.07, 6.45) is 9.25. The van der Waals surface area contributed by atoms with Crippen molar-refractivity contribution in [3.05, 3.63) is 139 Å². The Morgan fingerprint density at radius 1 is 0.488 bits per heavy atom. The number of para-hydroxylation sites is 2. The first-order valence-electron chi connectivity index (χ1n) is 14.4. The summed E-state index contributed by atoms with van der Waals surface area (Å²) < 4.78 is 7.99. The van der Waals surface area contributed by atoms with Crippen LogP contribution in [-0.2, 0) is 12.3 Å². The summed E-state index contributed by atoms with van der Waals surface area (Å²) in [4.78, 5) is 0. The largest absolute Gasteiger partial charge is 0.755 e. The van der Waals surface area contributed by atoms with Crippen molar-refractivity contribution >= 4 is 71.4 Å². The minimum Gasteiger partial charge on any atom is -0.405 e. The van der Waals surface area contributed by atoms with Crippen LogP contribution in [0.1, 0.15) is 11.3 Å². The van der Waals surface area contributed by atoms with Gasteiger partial charge in [-0.3, -0.25) is 0 Å². The fraction of sp³-hybridized carbons (Fsp3) is 0.0556. The lowest BCUT2D eigenvalue weighted by Gasteiger charge is -2.25. The Hall–Kier alpha value is -4.06. The first-order chi connectivity index (χ1) is 20.3. The van der Waals surface area contributed by atoms with Gasteiger partial charge in [0.15, 0.2) is 0 Å². The molecule has 0 saturated heterocycles. The summed E-state index contributed by atoms with van der Waals surface area (Å²) >= 11 is -2.03. The van der Waals surface area contributed by atoms with Crippen LogP contribution in [-0.4, -0.2) is 25.5 Å². The SMILES string of the molecule is c1cc2c3c(c1)ccc1cccc(c13)P1Cc3cccc4cc[n](c34)[Al]([n]3cccc3C1)[n]1ccc3cccc-2c31. The Kier molecular flexibility index (Phi) is 4.55. The molecule has 8 aromatic rings. The van der Waals surface area contributed by atoms with Crippen LogP contribution in [0.5, 0.6) is 0 Å². The fourth-order valence-corrected chi connectivity index (χ4v) is 13.5. The second-order valence-electron chi connectivity index (χ2n) is 11.5. The van der Waals surface area contributed by atoms with E-state index in [4.69, 9.17) is 0 Å². The summed E-state index contributed by atoms with van der Waals surface area (Å²) in [7, 11) is -0.526. The molecule has 0 N–H and O–H groups in total. The zero-order chi connectivity index (χ0) is 26.7. The van der Waals surface area contributed by atoms with Crippen LogP contribution >= 0.6 is 7.92 Å². The quantitative estimate of drug-likeness (QED) is 0.101. The molecular formula is C36H25AlN3P. The molecule has 0 fully saturated rings. The lowest BCUT2D eigenvalue weighted by Crippen LogP contribution is -2.41. The maximum atomic E-state index is 2.67. The van der Waals surface area contributed by atoms with Gasteiger partial charge in [-0.2, -0.15) is 0 Å². The molecule has 5 heteroatoms. The van der Waals surface area contributed by atoms with Crippen LogP contribution in [0.2, 0.25) is 0 Å². The number of nitrogens with zero attached hydrogens (tertiary/aromatic N) is 3. The van der Waals surface area contributed by atoms with Crippen molar-refractivity contribution in [2.24, 2.45) is 0 Å². The van der Waals surface area contributed by atoms with Crippen molar-refractivity contribution in [3.8, 4) is 11.1 Å². The predicted molar refractivity (Wildman–Crippen MR) is 175 cm³/mol. The molecule has 0 saturated carbocycles. The highest BCUT2D eigenvalue weighted by Gasteiger charge is 2.38. The number of hydrogen-bond donors (Lipinski definition) is 0. The molecule has 41 heavy (non-hydrogen) atoms. The Labute approximate surface area is 243 Å². The summed E-state index contributed by atoms with van der Waals surface area (Å²) in [5.41, 5.74) is 8.37. The lowest BCUT2D eigenvalue weighted by molar-refractivity contribution is 0.963. The molecule has 1 unspecified atom stereocenters. The smallest absolute Gasteiger partial charge is 0.405 e. The van der Waals surface area contributed by atoms with E-state index in [2.05, 4.69) is 138 Å².